The van der Waals surface area contributed by atoms with Crippen LogP contribution in [0.2, 0.25) is 0 Å². The van der Waals surface area contributed by atoms with Gasteiger partial charge in [0.2, 0.25) is 5.91 Å². The second-order valence-corrected chi connectivity index (χ2v) is 9.81. The minimum absolute atomic E-state index is 0.0250. The van der Waals surface area contributed by atoms with Gasteiger partial charge < -0.3 is 10.0 Å². The summed E-state index contributed by atoms with van der Waals surface area (Å²) in [6, 6.07) is 4.21. The average molecular weight is 447 g/mol. The fraction of sp³-hybridized carbons (Fsp3) is 0.364. The Morgan fingerprint density at radius 1 is 1.26 bits per heavy atom. The number of sulfonamides is 1. The molecule has 164 valence electrons. The van der Waals surface area contributed by atoms with Crippen LogP contribution in [0.15, 0.2) is 57.9 Å². The minimum Gasteiger partial charge on any atom is -0.481 e. The highest BCUT2D eigenvalue weighted by molar-refractivity contribution is 7.89. The Labute approximate surface area is 180 Å². The number of carbonyl (C=O) groups is 2. The number of allylic oxidation sites excluding steroid dienone is 3. The third kappa shape index (κ3) is 3.67. The number of carboxylic acids is 1. The summed E-state index contributed by atoms with van der Waals surface area (Å²) in [6.07, 6.45) is 2.86. The molecule has 0 saturated heterocycles. The van der Waals surface area contributed by atoms with Crippen molar-refractivity contribution < 1.29 is 27.5 Å². The number of benzene rings is 1. The Bertz CT molecular complexity index is 1180. The van der Waals surface area contributed by atoms with E-state index in [4.69, 9.17) is 0 Å². The highest BCUT2D eigenvalue weighted by Gasteiger charge is 2.43. The number of carboxylic acid groups (broad SMARTS) is 1. The molecule has 0 spiro atoms. The summed E-state index contributed by atoms with van der Waals surface area (Å²) in [5.74, 6) is -1.62. The molecule has 7 nitrogen and oxygen atoms in total. The number of aliphatic carboxylic acids is 1. The minimum atomic E-state index is -4.00. The van der Waals surface area contributed by atoms with Gasteiger partial charge in [-0.1, -0.05) is 6.07 Å². The molecule has 0 bridgehead atoms. The number of nitrogens with zero attached hydrogens (tertiary/aromatic N) is 2. The molecule has 0 aromatic heterocycles. The number of rotatable bonds is 4. The molecule has 4 rings (SSSR count). The topological polar surface area (TPSA) is 95.0 Å². The maximum absolute atomic E-state index is 13.9. The first-order valence-corrected chi connectivity index (χ1v) is 11.4. The van der Waals surface area contributed by atoms with Gasteiger partial charge in [0, 0.05) is 25.7 Å². The average Bonchev–Trinajstić information content (AvgIpc) is 2.98. The number of fused-ring (bicyclic) bond motifs is 2. The molecule has 0 radical (unpaired) electrons. The summed E-state index contributed by atoms with van der Waals surface area (Å²) >= 11 is 0. The summed E-state index contributed by atoms with van der Waals surface area (Å²) in [7, 11) is -4.00. The number of amides is 1. The fourth-order valence-electron chi connectivity index (χ4n) is 4.54. The van der Waals surface area contributed by atoms with Crippen molar-refractivity contribution in [1.29, 1.82) is 0 Å². The molecule has 1 N–H and O–H groups in total. The first kappa shape index (κ1) is 21.3. The fourth-order valence-corrected chi connectivity index (χ4v) is 6.31. The van der Waals surface area contributed by atoms with Gasteiger partial charge in [0.05, 0.1) is 17.4 Å². The Kier molecular flexibility index (Phi) is 5.25. The molecule has 1 amide bonds. The van der Waals surface area contributed by atoms with Crippen LogP contribution in [0, 0.1) is 0 Å². The van der Waals surface area contributed by atoms with Crippen LogP contribution in [0.25, 0.3) is 0 Å². The van der Waals surface area contributed by atoms with Crippen LogP contribution in [-0.2, 0) is 32.6 Å². The zero-order valence-electron chi connectivity index (χ0n) is 17.3. The van der Waals surface area contributed by atoms with E-state index >= 15 is 0 Å². The summed E-state index contributed by atoms with van der Waals surface area (Å²) in [5.41, 5.74) is 2.82. The Balaban J connectivity index is 1.74. The quantitative estimate of drug-likeness (QED) is 0.768. The lowest BCUT2D eigenvalue weighted by Gasteiger charge is -2.31. The van der Waals surface area contributed by atoms with E-state index in [1.54, 1.807) is 24.0 Å². The Hall–Kier alpha value is -2.94. The molecule has 0 saturated carbocycles. The summed E-state index contributed by atoms with van der Waals surface area (Å²) in [6.45, 7) is 4.04. The van der Waals surface area contributed by atoms with Gasteiger partial charge in [0.25, 0.3) is 10.0 Å². The molecular weight excluding hydrogens is 423 g/mol. The van der Waals surface area contributed by atoms with Gasteiger partial charge in [-0.15, -0.1) is 0 Å². The normalized spacial score (nSPS) is 20.8. The van der Waals surface area contributed by atoms with Crippen LogP contribution < -0.4 is 0 Å². The van der Waals surface area contributed by atoms with Gasteiger partial charge in [-0.2, -0.15) is 0 Å². The van der Waals surface area contributed by atoms with Crippen LogP contribution in [-0.4, -0.2) is 47.2 Å². The van der Waals surface area contributed by atoms with Crippen molar-refractivity contribution in [2.45, 2.75) is 50.6 Å². The molecule has 1 atom stereocenters. The highest BCUT2D eigenvalue weighted by atomic mass is 32.2. The number of carbonyl (C=O) groups excluding carboxylic acids is 1. The van der Waals surface area contributed by atoms with Gasteiger partial charge >= 0.3 is 5.97 Å². The highest BCUT2D eigenvalue weighted by Crippen LogP contribution is 2.43. The monoisotopic (exact) mass is 446 g/mol. The zero-order valence-corrected chi connectivity index (χ0v) is 18.1. The van der Waals surface area contributed by atoms with E-state index < -0.39 is 27.9 Å². The van der Waals surface area contributed by atoms with Crippen LogP contribution in [0.4, 0.5) is 4.39 Å². The zero-order chi connectivity index (χ0) is 22.5. The van der Waals surface area contributed by atoms with Crippen molar-refractivity contribution in [3.8, 4) is 0 Å². The van der Waals surface area contributed by atoms with Crippen LogP contribution in [0.3, 0.4) is 0 Å². The molecule has 31 heavy (non-hydrogen) atoms. The maximum Gasteiger partial charge on any atom is 0.307 e. The molecule has 0 fully saturated rings. The number of hydrogen-bond acceptors (Lipinski definition) is 4. The molecule has 1 aromatic rings. The smallest absolute Gasteiger partial charge is 0.307 e. The molecule has 1 aromatic carbocycles. The molecule has 9 heteroatoms. The molecule has 2 aliphatic heterocycles. The number of hydrogen-bond donors (Lipinski definition) is 1. The van der Waals surface area contributed by atoms with Crippen molar-refractivity contribution in [2.24, 2.45) is 0 Å². The molecular formula is C22H23FN2O5S. The van der Waals surface area contributed by atoms with Crippen LogP contribution >= 0.6 is 0 Å². The van der Waals surface area contributed by atoms with E-state index in [1.807, 2.05) is 0 Å². The van der Waals surface area contributed by atoms with Crippen molar-refractivity contribution >= 4 is 21.9 Å². The van der Waals surface area contributed by atoms with Crippen molar-refractivity contribution in [3.63, 3.8) is 0 Å². The lowest BCUT2D eigenvalue weighted by Crippen LogP contribution is -2.37. The van der Waals surface area contributed by atoms with Crippen molar-refractivity contribution in [2.75, 3.05) is 6.54 Å². The maximum atomic E-state index is 13.9. The summed E-state index contributed by atoms with van der Waals surface area (Å²) < 4.78 is 42.3. The van der Waals surface area contributed by atoms with E-state index in [0.29, 0.717) is 36.4 Å². The molecule has 1 unspecified atom stereocenters. The van der Waals surface area contributed by atoms with E-state index in [2.05, 4.69) is 0 Å². The third-order valence-corrected chi connectivity index (χ3v) is 8.00. The predicted octanol–water partition coefficient (Wildman–Crippen LogP) is 2.90. The van der Waals surface area contributed by atoms with Crippen LogP contribution in [0.5, 0.6) is 0 Å². The Morgan fingerprint density at radius 2 is 2.00 bits per heavy atom. The largest absolute Gasteiger partial charge is 0.481 e. The van der Waals surface area contributed by atoms with Gasteiger partial charge in [-0.3, -0.25) is 13.9 Å². The van der Waals surface area contributed by atoms with Gasteiger partial charge in [0.15, 0.2) is 0 Å². The van der Waals surface area contributed by atoms with Crippen LogP contribution in [0.1, 0.15) is 37.8 Å². The first-order valence-electron chi connectivity index (χ1n) is 10.0. The van der Waals surface area contributed by atoms with E-state index in [1.165, 1.54) is 29.4 Å². The second-order valence-electron chi connectivity index (χ2n) is 8.00. The van der Waals surface area contributed by atoms with E-state index in [0.717, 1.165) is 11.1 Å². The van der Waals surface area contributed by atoms with Gasteiger partial charge in [0.1, 0.15) is 5.83 Å². The van der Waals surface area contributed by atoms with Crippen molar-refractivity contribution in [1.82, 2.24) is 9.21 Å². The van der Waals surface area contributed by atoms with Crippen molar-refractivity contribution in [3.05, 3.63) is 64.1 Å². The molecule has 3 aliphatic rings. The second kappa shape index (κ2) is 7.64. The lowest BCUT2D eigenvalue weighted by molar-refractivity contribution is -0.136. The molecule has 2 heterocycles. The first-order chi connectivity index (χ1) is 14.6. The Morgan fingerprint density at radius 3 is 2.68 bits per heavy atom. The standard InChI is InChI=1S/C22H23FN2O5S/c1-13-19(11-22(27)28)20-10-17(23)4-6-21(20)25(13)31(29,30)18-5-3-16-12-24(14(2)26)8-7-15(16)9-18/h3-5,9-10,21H,6-8,11-12H2,1-2H3,(H,27,28). The van der Waals surface area contributed by atoms with Gasteiger partial charge in [-0.05, 0) is 66.3 Å². The van der Waals surface area contributed by atoms with E-state index in [9.17, 15) is 27.5 Å². The van der Waals surface area contributed by atoms with Gasteiger partial charge in [-0.25, -0.2) is 12.8 Å². The summed E-state index contributed by atoms with van der Waals surface area (Å²) in [5, 5.41) is 9.28. The SMILES string of the molecule is CC(=O)N1CCc2cc(S(=O)(=O)N3C(C)=C(CC(=O)O)C4=CC(F)=CCC43)ccc2C1. The number of halogens is 1. The summed E-state index contributed by atoms with van der Waals surface area (Å²) in [4.78, 5) is 24.8. The van der Waals surface area contributed by atoms with E-state index in [-0.39, 0.29) is 23.6 Å². The molecule has 1 aliphatic carbocycles. The lowest BCUT2D eigenvalue weighted by atomic mass is 9.93. The third-order valence-electron chi connectivity index (χ3n) is 6.11. The predicted molar refractivity (Wildman–Crippen MR) is 111 cm³/mol.